The monoisotopic (exact) mass is 398 g/mol. The predicted molar refractivity (Wildman–Crippen MR) is 111 cm³/mol. The number of nitrogens with one attached hydrogen (secondary N) is 1. The summed E-state index contributed by atoms with van der Waals surface area (Å²) in [5.74, 6) is -0.637. The molecule has 1 aliphatic heterocycles. The van der Waals surface area contributed by atoms with Crippen LogP contribution >= 0.6 is 11.6 Å². The van der Waals surface area contributed by atoms with E-state index in [-0.39, 0.29) is 17.5 Å². The summed E-state index contributed by atoms with van der Waals surface area (Å²) in [6.45, 7) is 4.76. The maximum absolute atomic E-state index is 13.1. The number of halogens is 1. The van der Waals surface area contributed by atoms with Gasteiger partial charge in [0.2, 0.25) is 0 Å². The van der Waals surface area contributed by atoms with E-state index in [1.807, 2.05) is 32.0 Å². The van der Waals surface area contributed by atoms with E-state index in [0.29, 0.717) is 35.7 Å². The Labute approximate surface area is 169 Å². The zero-order valence-corrected chi connectivity index (χ0v) is 17.0. The van der Waals surface area contributed by atoms with Crippen LogP contribution in [0, 0.1) is 13.8 Å². The summed E-state index contributed by atoms with van der Waals surface area (Å²) in [5, 5.41) is 3.77. The van der Waals surface area contributed by atoms with E-state index < -0.39 is 0 Å². The summed E-state index contributed by atoms with van der Waals surface area (Å²) in [6.07, 6.45) is 0.582. The molecule has 2 amide bonds. The zero-order chi connectivity index (χ0) is 20.3. The first-order chi connectivity index (χ1) is 13.4. The van der Waals surface area contributed by atoms with Gasteiger partial charge in [0, 0.05) is 31.0 Å². The predicted octanol–water partition coefficient (Wildman–Crippen LogP) is 4.19. The number of imide groups is 1. The maximum atomic E-state index is 13.1. The van der Waals surface area contributed by atoms with E-state index in [2.05, 4.69) is 5.32 Å². The van der Waals surface area contributed by atoms with Crippen molar-refractivity contribution in [2.24, 2.45) is 0 Å². The van der Waals surface area contributed by atoms with Gasteiger partial charge in [-0.2, -0.15) is 0 Å². The lowest BCUT2D eigenvalue weighted by Gasteiger charge is -2.15. The maximum Gasteiger partial charge on any atom is 0.278 e. The van der Waals surface area contributed by atoms with Gasteiger partial charge in [-0.15, -0.1) is 0 Å². The van der Waals surface area contributed by atoms with E-state index in [4.69, 9.17) is 16.3 Å². The average Bonchev–Trinajstić information content (AvgIpc) is 2.89. The van der Waals surface area contributed by atoms with Crippen molar-refractivity contribution in [1.82, 2.24) is 4.90 Å². The van der Waals surface area contributed by atoms with Crippen molar-refractivity contribution in [3.05, 3.63) is 69.9 Å². The number of carbonyl (C=O) groups is 2. The second kappa shape index (κ2) is 8.59. The molecule has 2 aromatic carbocycles. The first-order valence-corrected chi connectivity index (χ1v) is 9.49. The molecule has 1 heterocycles. The molecule has 5 nitrogen and oxygen atoms in total. The standard InChI is InChI=1S/C22H23ClN2O3/c1-14-5-10-18(15(2)13-14)24-20-19(16-6-8-17(23)9-7-16)21(26)25(22(20)27)11-4-12-28-3/h5-10,13,24H,4,11-12H2,1-3H3. The Morgan fingerprint density at radius 3 is 2.39 bits per heavy atom. The molecular weight excluding hydrogens is 376 g/mol. The molecule has 0 atom stereocenters. The third kappa shape index (κ3) is 4.11. The van der Waals surface area contributed by atoms with Gasteiger partial charge < -0.3 is 10.1 Å². The molecule has 0 saturated heterocycles. The van der Waals surface area contributed by atoms with Gasteiger partial charge in [-0.05, 0) is 49.6 Å². The Morgan fingerprint density at radius 1 is 1.04 bits per heavy atom. The fourth-order valence-electron chi connectivity index (χ4n) is 3.23. The summed E-state index contributed by atoms with van der Waals surface area (Å²) in [6, 6.07) is 12.9. The highest BCUT2D eigenvalue weighted by Crippen LogP contribution is 2.32. The van der Waals surface area contributed by atoms with Gasteiger partial charge in [-0.3, -0.25) is 14.5 Å². The third-order valence-electron chi connectivity index (χ3n) is 4.67. The number of rotatable bonds is 7. The number of nitrogens with zero attached hydrogens (tertiary/aromatic N) is 1. The topological polar surface area (TPSA) is 58.6 Å². The number of benzene rings is 2. The Bertz CT molecular complexity index is 935. The van der Waals surface area contributed by atoms with Gasteiger partial charge in [0.1, 0.15) is 5.70 Å². The molecule has 0 fully saturated rings. The molecule has 1 N–H and O–H groups in total. The zero-order valence-electron chi connectivity index (χ0n) is 16.2. The second-order valence-corrected chi connectivity index (χ2v) is 7.25. The highest BCUT2D eigenvalue weighted by molar-refractivity contribution is 6.37. The quantitative estimate of drug-likeness (QED) is 0.561. The number of amides is 2. The minimum Gasteiger partial charge on any atom is -0.385 e. The molecule has 1 aliphatic rings. The van der Waals surface area contributed by atoms with Crippen LogP contribution < -0.4 is 5.32 Å². The van der Waals surface area contributed by atoms with Crippen molar-refractivity contribution in [3.8, 4) is 0 Å². The van der Waals surface area contributed by atoms with E-state index >= 15 is 0 Å². The smallest absolute Gasteiger partial charge is 0.278 e. The van der Waals surface area contributed by atoms with Crippen LogP contribution in [-0.2, 0) is 14.3 Å². The van der Waals surface area contributed by atoms with Crippen molar-refractivity contribution >= 4 is 34.7 Å². The highest BCUT2D eigenvalue weighted by atomic mass is 35.5. The number of ether oxygens (including phenoxy) is 1. The molecule has 146 valence electrons. The molecule has 0 spiro atoms. The van der Waals surface area contributed by atoms with Crippen LogP contribution in [0.5, 0.6) is 0 Å². The number of hydrogen-bond acceptors (Lipinski definition) is 4. The molecular formula is C22H23ClN2O3. The third-order valence-corrected chi connectivity index (χ3v) is 4.92. The van der Waals surface area contributed by atoms with Crippen molar-refractivity contribution in [3.63, 3.8) is 0 Å². The molecule has 2 aromatic rings. The number of aryl methyl sites for hydroxylation is 2. The lowest BCUT2D eigenvalue weighted by Crippen LogP contribution is -2.34. The fraction of sp³-hybridized carbons (Fsp3) is 0.273. The molecule has 0 radical (unpaired) electrons. The van der Waals surface area contributed by atoms with Gasteiger partial charge in [-0.1, -0.05) is 41.4 Å². The second-order valence-electron chi connectivity index (χ2n) is 6.81. The van der Waals surface area contributed by atoms with E-state index in [1.165, 1.54) is 4.90 Å². The SMILES string of the molecule is COCCCN1C(=O)C(Nc2ccc(C)cc2C)=C(c2ccc(Cl)cc2)C1=O. The van der Waals surface area contributed by atoms with Crippen LogP contribution in [0.4, 0.5) is 5.69 Å². The van der Waals surface area contributed by atoms with E-state index in [1.54, 1.807) is 31.4 Å². The summed E-state index contributed by atoms with van der Waals surface area (Å²) >= 11 is 5.99. The van der Waals surface area contributed by atoms with Crippen LogP contribution in [0.15, 0.2) is 48.2 Å². The highest BCUT2D eigenvalue weighted by Gasteiger charge is 2.38. The number of anilines is 1. The van der Waals surface area contributed by atoms with Crippen LogP contribution in [0.25, 0.3) is 5.57 Å². The number of hydrogen-bond donors (Lipinski definition) is 1. The summed E-state index contributed by atoms with van der Waals surface area (Å²) in [5.41, 5.74) is 4.23. The van der Waals surface area contributed by atoms with E-state index in [0.717, 1.165) is 16.8 Å². The van der Waals surface area contributed by atoms with Gasteiger partial charge in [-0.25, -0.2) is 0 Å². The van der Waals surface area contributed by atoms with Crippen molar-refractivity contribution < 1.29 is 14.3 Å². The molecule has 0 bridgehead atoms. The Balaban J connectivity index is 2.01. The summed E-state index contributed by atoms with van der Waals surface area (Å²) in [4.78, 5) is 27.4. The first kappa shape index (κ1) is 20.1. The average molecular weight is 399 g/mol. The Kier molecular flexibility index (Phi) is 6.17. The molecule has 0 saturated carbocycles. The van der Waals surface area contributed by atoms with Gasteiger partial charge in [0.15, 0.2) is 0 Å². The van der Waals surface area contributed by atoms with Crippen LogP contribution in [0.1, 0.15) is 23.1 Å². The largest absolute Gasteiger partial charge is 0.385 e. The normalized spacial score (nSPS) is 14.2. The molecule has 0 unspecified atom stereocenters. The van der Waals surface area contributed by atoms with Crippen LogP contribution in [0.2, 0.25) is 5.02 Å². The number of methoxy groups -OCH3 is 1. The first-order valence-electron chi connectivity index (χ1n) is 9.12. The van der Waals surface area contributed by atoms with Crippen LogP contribution in [-0.4, -0.2) is 37.0 Å². The molecule has 3 rings (SSSR count). The summed E-state index contributed by atoms with van der Waals surface area (Å²) in [7, 11) is 1.60. The lowest BCUT2D eigenvalue weighted by atomic mass is 10.0. The molecule has 0 aliphatic carbocycles. The molecule has 28 heavy (non-hydrogen) atoms. The van der Waals surface area contributed by atoms with E-state index in [9.17, 15) is 9.59 Å². The van der Waals surface area contributed by atoms with Gasteiger partial charge >= 0.3 is 0 Å². The number of carbonyl (C=O) groups excluding carboxylic acids is 2. The van der Waals surface area contributed by atoms with Gasteiger partial charge in [0.05, 0.1) is 5.57 Å². The van der Waals surface area contributed by atoms with Crippen molar-refractivity contribution in [2.45, 2.75) is 20.3 Å². The van der Waals surface area contributed by atoms with Crippen LogP contribution in [0.3, 0.4) is 0 Å². The van der Waals surface area contributed by atoms with Crippen molar-refractivity contribution in [1.29, 1.82) is 0 Å². The Hall–Kier alpha value is -2.63. The Morgan fingerprint density at radius 2 is 1.75 bits per heavy atom. The molecule has 6 heteroatoms. The molecule has 0 aromatic heterocycles. The minimum absolute atomic E-state index is 0.289. The van der Waals surface area contributed by atoms with Gasteiger partial charge in [0.25, 0.3) is 11.8 Å². The minimum atomic E-state index is -0.328. The lowest BCUT2D eigenvalue weighted by molar-refractivity contribution is -0.136. The fourth-order valence-corrected chi connectivity index (χ4v) is 3.36. The van der Waals surface area contributed by atoms with Crippen molar-refractivity contribution in [2.75, 3.05) is 25.6 Å². The summed E-state index contributed by atoms with van der Waals surface area (Å²) < 4.78 is 5.05.